The van der Waals surface area contributed by atoms with E-state index in [9.17, 15) is 5.11 Å². The lowest BCUT2D eigenvalue weighted by atomic mass is 10.0. The average molecular weight is 229 g/mol. The summed E-state index contributed by atoms with van der Waals surface area (Å²) in [5.41, 5.74) is 0.851. The molecule has 0 saturated heterocycles. The molecule has 0 radical (unpaired) electrons. The maximum Gasteiger partial charge on any atom is 0.125 e. The maximum absolute atomic E-state index is 9.92. The quantitative estimate of drug-likeness (QED) is 0.758. The zero-order valence-corrected chi connectivity index (χ0v) is 9.70. The molecular formula is C12H17ClO2. The molecule has 84 valence electrons. The second-order valence-corrected chi connectivity index (χ2v) is 3.70. The highest BCUT2D eigenvalue weighted by Crippen LogP contribution is 2.27. The first-order valence-corrected chi connectivity index (χ1v) is 5.78. The second kappa shape index (κ2) is 6.70. The summed E-state index contributed by atoms with van der Waals surface area (Å²) in [6.45, 7) is 2.54. The van der Waals surface area contributed by atoms with Crippen molar-refractivity contribution in [3.05, 3.63) is 29.8 Å². The van der Waals surface area contributed by atoms with Crippen LogP contribution in [0.2, 0.25) is 0 Å². The van der Waals surface area contributed by atoms with E-state index in [2.05, 4.69) is 0 Å². The number of aliphatic hydroxyl groups is 1. The van der Waals surface area contributed by atoms with Crippen LogP contribution in [0.4, 0.5) is 0 Å². The van der Waals surface area contributed by atoms with Crippen LogP contribution in [-0.2, 0) is 0 Å². The molecule has 0 amide bonds. The van der Waals surface area contributed by atoms with Gasteiger partial charge in [0.25, 0.3) is 0 Å². The van der Waals surface area contributed by atoms with Crippen molar-refractivity contribution in [3.63, 3.8) is 0 Å². The van der Waals surface area contributed by atoms with E-state index in [-0.39, 0.29) is 0 Å². The molecule has 2 nitrogen and oxygen atoms in total. The molecular weight excluding hydrogens is 212 g/mol. The van der Waals surface area contributed by atoms with Crippen molar-refractivity contribution in [2.45, 2.75) is 25.9 Å². The van der Waals surface area contributed by atoms with Gasteiger partial charge in [-0.2, -0.15) is 0 Å². The van der Waals surface area contributed by atoms with Gasteiger partial charge in [0, 0.05) is 11.4 Å². The van der Waals surface area contributed by atoms with Crippen molar-refractivity contribution >= 4 is 11.6 Å². The van der Waals surface area contributed by atoms with Crippen LogP contribution in [0, 0.1) is 0 Å². The van der Waals surface area contributed by atoms with Crippen LogP contribution >= 0.6 is 11.6 Å². The monoisotopic (exact) mass is 228 g/mol. The predicted molar refractivity (Wildman–Crippen MR) is 62.5 cm³/mol. The molecule has 15 heavy (non-hydrogen) atoms. The molecule has 1 rings (SSSR count). The molecule has 1 unspecified atom stereocenters. The van der Waals surface area contributed by atoms with Crippen molar-refractivity contribution in [1.29, 1.82) is 0 Å². The summed E-state index contributed by atoms with van der Waals surface area (Å²) < 4.78 is 5.45. The van der Waals surface area contributed by atoms with Gasteiger partial charge in [-0.15, -0.1) is 11.6 Å². The zero-order valence-electron chi connectivity index (χ0n) is 8.95. The molecule has 0 fully saturated rings. The van der Waals surface area contributed by atoms with E-state index in [1.807, 2.05) is 31.2 Å². The van der Waals surface area contributed by atoms with Gasteiger partial charge in [-0.1, -0.05) is 18.2 Å². The average Bonchev–Trinajstić information content (AvgIpc) is 2.27. The highest BCUT2D eigenvalue weighted by Gasteiger charge is 2.11. The zero-order chi connectivity index (χ0) is 11.1. The minimum atomic E-state index is -0.480. The Morgan fingerprint density at radius 1 is 1.40 bits per heavy atom. The van der Waals surface area contributed by atoms with Crippen LogP contribution in [0.15, 0.2) is 24.3 Å². The van der Waals surface area contributed by atoms with Gasteiger partial charge >= 0.3 is 0 Å². The van der Waals surface area contributed by atoms with Gasteiger partial charge in [-0.25, -0.2) is 0 Å². The fraction of sp³-hybridized carbons (Fsp3) is 0.500. The van der Waals surface area contributed by atoms with Crippen LogP contribution in [0.3, 0.4) is 0 Å². The smallest absolute Gasteiger partial charge is 0.125 e. The Labute approximate surface area is 95.8 Å². The van der Waals surface area contributed by atoms with Crippen LogP contribution in [0.5, 0.6) is 5.75 Å². The van der Waals surface area contributed by atoms with Gasteiger partial charge in [0.1, 0.15) is 5.75 Å². The minimum Gasteiger partial charge on any atom is -0.493 e. The largest absolute Gasteiger partial charge is 0.493 e. The Hall–Kier alpha value is -0.730. The lowest BCUT2D eigenvalue weighted by molar-refractivity contribution is 0.161. The van der Waals surface area contributed by atoms with Gasteiger partial charge in [0.15, 0.2) is 0 Å². The molecule has 0 bridgehead atoms. The van der Waals surface area contributed by atoms with Crippen LogP contribution in [-0.4, -0.2) is 17.6 Å². The van der Waals surface area contributed by atoms with E-state index in [0.29, 0.717) is 18.9 Å². The first-order chi connectivity index (χ1) is 7.29. The number of hydrogen-bond donors (Lipinski definition) is 1. The first kappa shape index (κ1) is 12.3. The molecule has 0 aliphatic carbocycles. The number of alkyl halides is 1. The van der Waals surface area contributed by atoms with E-state index in [1.165, 1.54) is 0 Å². The van der Waals surface area contributed by atoms with Gasteiger partial charge < -0.3 is 9.84 Å². The van der Waals surface area contributed by atoms with Crippen molar-refractivity contribution in [2.75, 3.05) is 12.5 Å². The fourth-order valence-electron chi connectivity index (χ4n) is 1.47. The standard InChI is InChI=1S/C12H17ClO2/c1-2-15-12-8-4-3-6-10(12)11(14)7-5-9-13/h3-4,6,8,11,14H,2,5,7,9H2,1H3. The topological polar surface area (TPSA) is 29.5 Å². The molecule has 1 atom stereocenters. The number of halogens is 1. The number of aliphatic hydroxyl groups excluding tert-OH is 1. The highest BCUT2D eigenvalue weighted by atomic mass is 35.5. The Kier molecular flexibility index (Phi) is 5.51. The molecule has 1 aromatic rings. The second-order valence-electron chi connectivity index (χ2n) is 3.32. The van der Waals surface area contributed by atoms with E-state index in [0.717, 1.165) is 17.7 Å². The molecule has 0 aliphatic rings. The Morgan fingerprint density at radius 2 is 2.13 bits per heavy atom. The van der Waals surface area contributed by atoms with E-state index >= 15 is 0 Å². The first-order valence-electron chi connectivity index (χ1n) is 5.25. The summed E-state index contributed by atoms with van der Waals surface area (Å²) in [6.07, 6.45) is 1.00. The Bertz CT molecular complexity index is 289. The van der Waals surface area contributed by atoms with Gasteiger partial charge in [0.2, 0.25) is 0 Å². The third-order valence-electron chi connectivity index (χ3n) is 2.19. The van der Waals surface area contributed by atoms with Gasteiger partial charge in [-0.05, 0) is 25.8 Å². The van der Waals surface area contributed by atoms with Gasteiger partial charge in [-0.3, -0.25) is 0 Å². The Morgan fingerprint density at radius 3 is 2.80 bits per heavy atom. The van der Waals surface area contributed by atoms with Gasteiger partial charge in [0.05, 0.1) is 12.7 Å². The summed E-state index contributed by atoms with van der Waals surface area (Å²) in [4.78, 5) is 0. The molecule has 0 aromatic heterocycles. The summed E-state index contributed by atoms with van der Waals surface area (Å²) >= 11 is 5.59. The van der Waals surface area contributed by atoms with Crippen molar-refractivity contribution in [2.24, 2.45) is 0 Å². The summed E-state index contributed by atoms with van der Waals surface area (Å²) in [6, 6.07) is 7.58. The van der Waals surface area contributed by atoms with Crippen molar-refractivity contribution in [1.82, 2.24) is 0 Å². The molecule has 0 spiro atoms. The molecule has 0 aliphatic heterocycles. The summed E-state index contributed by atoms with van der Waals surface area (Å²) in [7, 11) is 0. The number of benzene rings is 1. The summed E-state index contributed by atoms with van der Waals surface area (Å²) in [5.74, 6) is 1.34. The third-order valence-corrected chi connectivity index (χ3v) is 2.46. The van der Waals surface area contributed by atoms with Crippen LogP contribution in [0.1, 0.15) is 31.4 Å². The molecule has 1 N–H and O–H groups in total. The third kappa shape index (κ3) is 3.73. The normalized spacial score (nSPS) is 12.5. The SMILES string of the molecule is CCOc1ccccc1C(O)CCCCl. The van der Waals surface area contributed by atoms with E-state index < -0.39 is 6.10 Å². The van der Waals surface area contributed by atoms with Crippen LogP contribution < -0.4 is 4.74 Å². The molecule has 0 saturated carbocycles. The fourth-order valence-corrected chi connectivity index (χ4v) is 1.62. The molecule has 1 aromatic carbocycles. The maximum atomic E-state index is 9.92. The number of hydrogen-bond acceptors (Lipinski definition) is 2. The van der Waals surface area contributed by atoms with Crippen LogP contribution in [0.25, 0.3) is 0 Å². The lowest BCUT2D eigenvalue weighted by Gasteiger charge is -2.14. The highest BCUT2D eigenvalue weighted by molar-refractivity contribution is 6.17. The number of rotatable bonds is 6. The van der Waals surface area contributed by atoms with E-state index in [4.69, 9.17) is 16.3 Å². The number of ether oxygens (including phenoxy) is 1. The molecule has 3 heteroatoms. The number of para-hydroxylation sites is 1. The lowest BCUT2D eigenvalue weighted by Crippen LogP contribution is -2.02. The molecule has 0 heterocycles. The van der Waals surface area contributed by atoms with Crippen molar-refractivity contribution < 1.29 is 9.84 Å². The Balaban J connectivity index is 2.72. The summed E-state index contributed by atoms with van der Waals surface area (Å²) in [5, 5.41) is 9.92. The van der Waals surface area contributed by atoms with E-state index in [1.54, 1.807) is 0 Å². The minimum absolute atomic E-state index is 0.480. The van der Waals surface area contributed by atoms with Crippen molar-refractivity contribution in [3.8, 4) is 5.75 Å². The predicted octanol–water partition coefficient (Wildman–Crippen LogP) is 3.14.